The minimum Gasteiger partial charge on any atom is -0.376 e. The van der Waals surface area contributed by atoms with Crippen LogP contribution in [0.1, 0.15) is 33.5 Å². The number of pyridine rings is 1. The molecule has 2 N–H and O–H groups in total. The van der Waals surface area contributed by atoms with Crippen molar-refractivity contribution in [3.63, 3.8) is 0 Å². The van der Waals surface area contributed by atoms with E-state index in [2.05, 4.69) is 0 Å². The molecule has 0 bridgehead atoms. The summed E-state index contributed by atoms with van der Waals surface area (Å²) in [4.78, 5) is 4.71. The van der Waals surface area contributed by atoms with Crippen molar-refractivity contribution in [2.75, 3.05) is 0 Å². The van der Waals surface area contributed by atoms with Crippen molar-refractivity contribution in [2.24, 2.45) is 0 Å². The van der Waals surface area contributed by atoms with Crippen LogP contribution in [0.15, 0.2) is 140 Å². The maximum Gasteiger partial charge on any atom is 0.157 e. The fraction of sp³-hybridized carbons (Fsp3) is 0.0645. The third-order valence-corrected chi connectivity index (χ3v) is 6.31. The number of hydrogen-bond acceptors (Lipinski definition) is 3. The lowest BCUT2D eigenvalue weighted by molar-refractivity contribution is 0.0961. The zero-order valence-electron chi connectivity index (χ0n) is 18.6. The summed E-state index contributed by atoms with van der Waals surface area (Å²) >= 11 is 0. The molecule has 0 radical (unpaired) electrons. The van der Waals surface area contributed by atoms with Crippen LogP contribution in [0, 0.1) is 0 Å². The van der Waals surface area contributed by atoms with E-state index in [-0.39, 0.29) is 0 Å². The first-order chi connectivity index (χ1) is 16.6. The molecule has 0 fully saturated rings. The van der Waals surface area contributed by atoms with E-state index in [4.69, 9.17) is 4.98 Å². The number of aromatic nitrogens is 1. The van der Waals surface area contributed by atoms with Crippen molar-refractivity contribution in [1.29, 1.82) is 0 Å². The molecular formula is C31H25NO2. The van der Waals surface area contributed by atoms with E-state index in [0.29, 0.717) is 33.5 Å². The molecule has 0 saturated carbocycles. The van der Waals surface area contributed by atoms with Gasteiger partial charge in [0, 0.05) is 11.8 Å². The van der Waals surface area contributed by atoms with E-state index >= 15 is 0 Å². The van der Waals surface area contributed by atoms with Gasteiger partial charge in [0.2, 0.25) is 0 Å². The second-order valence-electron chi connectivity index (χ2n) is 8.28. The van der Waals surface area contributed by atoms with Crippen LogP contribution in [0.25, 0.3) is 0 Å². The smallest absolute Gasteiger partial charge is 0.157 e. The lowest BCUT2D eigenvalue weighted by Crippen LogP contribution is -2.37. The van der Waals surface area contributed by atoms with Crippen LogP contribution in [0.2, 0.25) is 0 Å². The second-order valence-corrected chi connectivity index (χ2v) is 8.28. The molecule has 0 unspecified atom stereocenters. The highest BCUT2D eigenvalue weighted by atomic mass is 16.3. The van der Waals surface area contributed by atoms with Crippen LogP contribution < -0.4 is 0 Å². The zero-order valence-corrected chi connectivity index (χ0v) is 18.6. The summed E-state index contributed by atoms with van der Waals surface area (Å²) in [5.74, 6) is 0. The van der Waals surface area contributed by atoms with Crippen molar-refractivity contribution >= 4 is 0 Å². The highest BCUT2D eigenvalue weighted by molar-refractivity contribution is 5.54. The normalized spacial score (nSPS) is 11.8. The Morgan fingerprint density at radius 3 is 1.15 bits per heavy atom. The van der Waals surface area contributed by atoms with Gasteiger partial charge < -0.3 is 10.2 Å². The summed E-state index contributed by atoms with van der Waals surface area (Å²) in [5, 5.41) is 25.0. The summed E-state index contributed by atoms with van der Waals surface area (Å²) in [6, 6.07) is 41.6. The van der Waals surface area contributed by atoms with Crippen LogP contribution in [0.5, 0.6) is 0 Å². The lowest BCUT2D eigenvalue weighted by atomic mass is 9.74. The van der Waals surface area contributed by atoms with Crippen molar-refractivity contribution in [2.45, 2.75) is 11.2 Å². The van der Waals surface area contributed by atoms with E-state index in [1.165, 1.54) is 0 Å². The molecule has 34 heavy (non-hydrogen) atoms. The maximum atomic E-state index is 12.5. The third-order valence-electron chi connectivity index (χ3n) is 6.31. The van der Waals surface area contributed by atoms with E-state index in [9.17, 15) is 10.2 Å². The first kappa shape index (κ1) is 21.8. The summed E-state index contributed by atoms with van der Waals surface area (Å²) in [6.07, 6.45) is 1.66. The molecule has 0 aliphatic carbocycles. The number of aliphatic hydroxyl groups is 2. The van der Waals surface area contributed by atoms with Gasteiger partial charge in [-0.15, -0.1) is 0 Å². The van der Waals surface area contributed by atoms with Crippen LogP contribution in [-0.4, -0.2) is 15.2 Å². The number of nitrogens with zero attached hydrogens (tertiary/aromatic N) is 1. The Morgan fingerprint density at radius 2 is 0.765 bits per heavy atom. The van der Waals surface area contributed by atoms with Crippen molar-refractivity contribution in [3.8, 4) is 0 Å². The SMILES string of the molecule is OC(c1ccccc1)(c1ccccc1)c1cccnc1C(O)(c1ccccc1)c1ccccc1. The van der Waals surface area contributed by atoms with Gasteiger partial charge in [0.25, 0.3) is 0 Å². The topological polar surface area (TPSA) is 53.4 Å². The van der Waals surface area contributed by atoms with Gasteiger partial charge in [0.05, 0.1) is 5.69 Å². The highest BCUT2D eigenvalue weighted by Crippen LogP contribution is 2.44. The van der Waals surface area contributed by atoms with Gasteiger partial charge in [-0.05, 0) is 28.3 Å². The molecule has 1 heterocycles. The van der Waals surface area contributed by atoms with Gasteiger partial charge in [-0.1, -0.05) is 127 Å². The predicted octanol–water partition coefficient (Wildman–Crippen LogP) is 5.65. The van der Waals surface area contributed by atoms with Gasteiger partial charge >= 0.3 is 0 Å². The molecule has 0 spiro atoms. The van der Waals surface area contributed by atoms with Gasteiger partial charge in [-0.3, -0.25) is 4.98 Å². The molecule has 3 nitrogen and oxygen atoms in total. The molecule has 3 heteroatoms. The molecule has 1 aromatic heterocycles. The molecule has 0 aliphatic heterocycles. The van der Waals surface area contributed by atoms with Crippen LogP contribution in [0.3, 0.4) is 0 Å². The Hall–Kier alpha value is -4.05. The van der Waals surface area contributed by atoms with Crippen LogP contribution in [0.4, 0.5) is 0 Å². The van der Waals surface area contributed by atoms with Crippen molar-refractivity contribution < 1.29 is 10.2 Å². The molecule has 0 amide bonds. The number of rotatable bonds is 6. The zero-order chi connectivity index (χ0) is 23.4. The van der Waals surface area contributed by atoms with Gasteiger partial charge in [-0.25, -0.2) is 0 Å². The molecule has 4 aromatic carbocycles. The van der Waals surface area contributed by atoms with Crippen LogP contribution >= 0.6 is 0 Å². The van der Waals surface area contributed by atoms with Gasteiger partial charge in [-0.2, -0.15) is 0 Å². The largest absolute Gasteiger partial charge is 0.376 e. The lowest BCUT2D eigenvalue weighted by Gasteiger charge is -2.37. The minimum atomic E-state index is -1.59. The standard InChI is InChI=1S/C31H25NO2/c33-30(24-14-5-1-6-15-24,25-16-7-2-8-17-25)28-22-13-23-32-29(28)31(34,26-18-9-3-10-19-26)27-20-11-4-12-21-27/h1-23,33-34H. The second kappa shape index (κ2) is 9.06. The molecule has 5 aromatic rings. The predicted molar refractivity (Wildman–Crippen MR) is 134 cm³/mol. The molecular weight excluding hydrogens is 418 g/mol. The van der Waals surface area contributed by atoms with Gasteiger partial charge in [0.1, 0.15) is 5.60 Å². The average molecular weight is 444 g/mol. The Bertz CT molecular complexity index is 1170. The number of benzene rings is 4. The van der Waals surface area contributed by atoms with Crippen molar-refractivity contribution in [1.82, 2.24) is 4.98 Å². The summed E-state index contributed by atoms with van der Waals surface area (Å²) < 4.78 is 0. The van der Waals surface area contributed by atoms with E-state index in [1.54, 1.807) is 12.3 Å². The first-order valence-corrected chi connectivity index (χ1v) is 11.3. The summed E-state index contributed by atoms with van der Waals surface area (Å²) in [5.41, 5.74) is 0.498. The van der Waals surface area contributed by atoms with Crippen molar-refractivity contribution in [3.05, 3.63) is 173 Å². The minimum absolute atomic E-state index is 0.377. The maximum absolute atomic E-state index is 12.5. The first-order valence-electron chi connectivity index (χ1n) is 11.3. The molecule has 0 saturated heterocycles. The number of hydrogen-bond donors (Lipinski definition) is 2. The van der Waals surface area contributed by atoms with E-state index in [0.717, 1.165) is 0 Å². The quantitative estimate of drug-likeness (QED) is 0.357. The monoisotopic (exact) mass is 443 g/mol. The summed E-state index contributed by atoms with van der Waals surface area (Å²) in [6.45, 7) is 0. The Labute approximate surface area is 199 Å². The Kier molecular flexibility index (Phi) is 5.81. The molecule has 0 atom stereocenters. The molecule has 166 valence electrons. The molecule has 0 aliphatic rings. The fourth-order valence-corrected chi connectivity index (χ4v) is 4.62. The van der Waals surface area contributed by atoms with Crippen LogP contribution in [-0.2, 0) is 11.2 Å². The van der Waals surface area contributed by atoms with E-state index < -0.39 is 11.2 Å². The van der Waals surface area contributed by atoms with E-state index in [1.807, 2.05) is 127 Å². The average Bonchev–Trinajstić information content (AvgIpc) is 2.94. The Morgan fingerprint density at radius 1 is 0.412 bits per heavy atom. The highest BCUT2D eigenvalue weighted by Gasteiger charge is 2.44. The fourth-order valence-electron chi connectivity index (χ4n) is 4.62. The summed E-state index contributed by atoms with van der Waals surface area (Å²) in [7, 11) is 0. The molecule has 5 rings (SSSR count). The van der Waals surface area contributed by atoms with Gasteiger partial charge in [0.15, 0.2) is 5.60 Å². The third kappa shape index (κ3) is 3.61. The Balaban J connectivity index is 1.85.